The van der Waals surface area contributed by atoms with Crippen molar-refractivity contribution < 1.29 is 9.59 Å². The van der Waals surface area contributed by atoms with Crippen molar-refractivity contribution in [3.63, 3.8) is 0 Å². The number of carbonyl (C=O) groups is 2. The highest BCUT2D eigenvalue weighted by Crippen LogP contribution is 2.22. The number of amidine groups is 1. The molecule has 8 heteroatoms. The van der Waals surface area contributed by atoms with Gasteiger partial charge in [0.1, 0.15) is 5.78 Å². The van der Waals surface area contributed by atoms with E-state index in [0.29, 0.717) is 24.5 Å². The highest BCUT2D eigenvalue weighted by molar-refractivity contribution is 5.98. The number of amides is 1. The standard InChI is InChI=1S/C23H24N6O2/c1-15(30)28-19-6-3-7-20(11-19)29-23-26-13-18(14-27-23)17-5-2-4-16(10-17)8-9-21(31)12-22(24)25/h2-7,10-11,13-14H,8-9,12H2,1H3,(H3,24,25)(H,28,30)(H,26,27,29). The lowest BCUT2D eigenvalue weighted by Gasteiger charge is -2.09. The van der Waals surface area contributed by atoms with Crippen LogP contribution < -0.4 is 16.4 Å². The average molecular weight is 416 g/mol. The van der Waals surface area contributed by atoms with Crippen molar-refractivity contribution in [2.45, 2.75) is 26.2 Å². The van der Waals surface area contributed by atoms with Crippen LogP contribution in [-0.2, 0) is 16.0 Å². The molecule has 0 aliphatic rings. The Morgan fingerprint density at radius 1 is 1.00 bits per heavy atom. The van der Waals surface area contributed by atoms with Crippen molar-refractivity contribution in [3.8, 4) is 11.1 Å². The van der Waals surface area contributed by atoms with Gasteiger partial charge in [0.25, 0.3) is 0 Å². The zero-order valence-corrected chi connectivity index (χ0v) is 17.2. The zero-order valence-electron chi connectivity index (χ0n) is 17.2. The molecule has 1 heterocycles. The fourth-order valence-electron chi connectivity index (χ4n) is 3.04. The van der Waals surface area contributed by atoms with Crippen LogP contribution in [0.3, 0.4) is 0 Å². The van der Waals surface area contributed by atoms with E-state index in [-0.39, 0.29) is 23.9 Å². The van der Waals surface area contributed by atoms with Crippen LogP contribution in [0, 0.1) is 5.41 Å². The minimum absolute atomic E-state index is 0.00425. The van der Waals surface area contributed by atoms with Gasteiger partial charge in [0.15, 0.2) is 0 Å². The third-order valence-electron chi connectivity index (χ3n) is 4.43. The molecule has 31 heavy (non-hydrogen) atoms. The monoisotopic (exact) mass is 416 g/mol. The summed E-state index contributed by atoms with van der Waals surface area (Å²) in [6, 6.07) is 15.2. The first-order chi connectivity index (χ1) is 14.9. The van der Waals surface area contributed by atoms with Gasteiger partial charge in [-0.15, -0.1) is 0 Å². The summed E-state index contributed by atoms with van der Waals surface area (Å²) in [4.78, 5) is 31.7. The van der Waals surface area contributed by atoms with Gasteiger partial charge in [-0.25, -0.2) is 9.97 Å². The molecule has 1 aromatic heterocycles. The number of nitrogens with zero attached hydrogens (tertiary/aromatic N) is 2. The lowest BCUT2D eigenvalue weighted by molar-refractivity contribution is -0.118. The number of rotatable bonds is 9. The maximum atomic E-state index is 11.8. The molecule has 0 fully saturated rings. The van der Waals surface area contributed by atoms with Gasteiger partial charge in [-0.05, 0) is 35.7 Å². The van der Waals surface area contributed by atoms with Crippen LogP contribution in [0.25, 0.3) is 11.1 Å². The zero-order chi connectivity index (χ0) is 22.2. The van der Waals surface area contributed by atoms with Crippen molar-refractivity contribution >= 4 is 34.8 Å². The first kappa shape index (κ1) is 21.6. The van der Waals surface area contributed by atoms with E-state index >= 15 is 0 Å². The van der Waals surface area contributed by atoms with Gasteiger partial charge < -0.3 is 16.4 Å². The molecule has 2 aromatic carbocycles. The van der Waals surface area contributed by atoms with Crippen LogP contribution in [0.2, 0.25) is 0 Å². The molecule has 0 spiro atoms. The van der Waals surface area contributed by atoms with Gasteiger partial charge in [0.2, 0.25) is 11.9 Å². The quantitative estimate of drug-likeness (QED) is 0.311. The first-order valence-electron chi connectivity index (χ1n) is 9.79. The summed E-state index contributed by atoms with van der Waals surface area (Å²) in [6.07, 6.45) is 4.39. The van der Waals surface area contributed by atoms with Gasteiger partial charge in [0.05, 0.1) is 12.3 Å². The Labute approximate surface area is 180 Å². The number of anilines is 3. The van der Waals surface area contributed by atoms with Crippen molar-refractivity contribution in [1.29, 1.82) is 5.41 Å². The van der Waals surface area contributed by atoms with E-state index in [1.165, 1.54) is 6.92 Å². The SMILES string of the molecule is CC(=O)Nc1cccc(Nc2ncc(-c3cccc(CCC(=O)CC(=N)N)c3)cn2)c1. The lowest BCUT2D eigenvalue weighted by Crippen LogP contribution is -2.15. The third kappa shape index (κ3) is 6.74. The number of nitrogens with two attached hydrogens (primary N) is 1. The molecule has 158 valence electrons. The summed E-state index contributed by atoms with van der Waals surface area (Å²) in [5.74, 6) is 0.156. The number of aryl methyl sites for hydroxylation is 1. The molecule has 5 N–H and O–H groups in total. The molecule has 0 atom stereocenters. The lowest BCUT2D eigenvalue weighted by atomic mass is 10.0. The number of hydrogen-bond acceptors (Lipinski definition) is 6. The number of hydrogen-bond donors (Lipinski definition) is 4. The number of ketones is 1. The van der Waals surface area contributed by atoms with Crippen LogP contribution >= 0.6 is 0 Å². The second-order valence-corrected chi connectivity index (χ2v) is 7.12. The summed E-state index contributed by atoms with van der Waals surface area (Å²) in [5, 5.41) is 13.1. The number of aromatic nitrogens is 2. The highest BCUT2D eigenvalue weighted by atomic mass is 16.1. The molecule has 0 bridgehead atoms. The molecule has 0 unspecified atom stereocenters. The Balaban J connectivity index is 1.65. The normalized spacial score (nSPS) is 10.4. The van der Waals surface area contributed by atoms with Gasteiger partial charge in [-0.2, -0.15) is 0 Å². The molecule has 3 aromatic rings. The number of benzene rings is 2. The van der Waals surface area contributed by atoms with E-state index < -0.39 is 0 Å². The minimum atomic E-state index is -0.136. The Bertz CT molecular complexity index is 1100. The molecule has 1 amide bonds. The van der Waals surface area contributed by atoms with Crippen LogP contribution in [0.15, 0.2) is 60.9 Å². The fraction of sp³-hybridized carbons (Fsp3) is 0.174. The Kier molecular flexibility index (Phi) is 7.05. The van der Waals surface area contributed by atoms with Crippen molar-refractivity contribution in [3.05, 3.63) is 66.5 Å². The summed E-state index contributed by atoms with van der Waals surface area (Å²) in [5.41, 5.74) is 9.55. The smallest absolute Gasteiger partial charge is 0.227 e. The summed E-state index contributed by atoms with van der Waals surface area (Å²) in [7, 11) is 0. The van der Waals surface area contributed by atoms with E-state index in [1.807, 2.05) is 36.4 Å². The molecule has 3 rings (SSSR count). The van der Waals surface area contributed by atoms with Crippen molar-refractivity contribution in [2.24, 2.45) is 5.73 Å². The first-order valence-corrected chi connectivity index (χ1v) is 9.79. The summed E-state index contributed by atoms with van der Waals surface area (Å²) < 4.78 is 0. The number of carbonyl (C=O) groups excluding carboxylic acids is 2. The van der Waals surface area contributed by atoms with E-state index in [0.717, 1.165) is 22.4 Å². The summed E-state index contributed by atoms with van der Waals surface area (Å²) >= 11 is 0. The van der Waals surface area contributed by atoms with E-state index in [2.05, 4.69) is 20.6 Å². The molecular weight excluding hydrogens is 392 g/mol. The topological polar surface area (TPSA) is 134 Å². The molecule has 0 aliphatic heterocycles. The molecular formula is C23H24N6O2. The molecule has 8 nitrogen and oxygen atoms in total. The van der Waals surface area contributed by atoms with Crippen LogP contribution in [0.5, 0.6) is 0 Å². The fourth-order valence-corrected chi connectivity index (χ4v) is 3.04. The molecule has 0 saturated heterocycles. The van der Waals surface area contributed by atoms with E-state index in [4.69, 9.17) is 11.1 Å². The number of Topliss-reactive ketones (excluding diaryl/α,β-unsaturated/α-hetero) is 1. The predicted octanol–water partition coefficient (Wildman–Crippen LogP) is 3.67. The maximum Gasteiger partial charge on any atom is 0.227 e. The van der Waals surface area contributed by atoms with E-state index in [1.54, 1.807) is 24.5 Å². The predicted molar refractivity (Wildman–Crippen MR) is 121 cm³/mol. The molecule has 0 saturated carbocycles. The van der Waals surface area contributed by atoms with E-state index in [9.17, 15) is 9.59 Å². The van der Waals surface area contributed by atoms with Crippen LogP contribution in [0.1, 0.15) is 25.3 Å². The highest BCUT2D eigenvalue weighted by Gasteiger charge is 2.07. The largest absolute Gasteiger partial charge is 0.387 e. The van der Waals surface area contributed by atoms with Gasteiger partial charge in [-0.3, -0.25) is 15.0 Å². The molecule has 0 aliphatic carbocycles. The Morgan fingerprint density at radius 3 is 2.42 bits per heavy atom. The summed E-state index contributed by atoms with van der Waals surface area (Å²) in [6.45, 7) is 1.46. The Morgan fingerprint density at radius 2 is 1.71 bits per heavy atom. The van der Waals surface area contributed by atoms with Crippen LogP contribution in [0.4, 0.5) is 17.3 Å². The Hall–Kier alpha value is -4.07. The maximum absolute atomic E-state index is 11.8. The second kappa shape index (κ2) is 10.1. The van der Waals surface area contributed by atoms with Crippen molar-refractivity contribution in [1.82, 2.24) is 9.97 Å². The van der Waals surface area contributed by atoms with Gasteiger partial charge >= 0.3 is 0 Å². The second-order valence-electron chi connectivity index (χ2n) is 7.12. The van der Waals surface area contributed by atoms with Gasteiger partial charge in [0, 0.05) is 42.7 Å². The molecule has 0 radical (unpaired) electrons. The third-order valence-corrected chi connectivity index (χ3v) is 4.43. The van der Waals surface area contributed by atoms with Gasteiger partial charge in [-0.1, -0.05) is 30.3 Å². The van der Waals surface area contributed by atoms with Crippen molar-refractivity contribution in [2.75, 3.05) is 10.6 Å². The number of nitrogens with one attached hydrogen (secondary N) is 3. The minimum Gasteiger partial charge on any atom is -0.387 e. The average Bonchev–Trinajstić information content (AvgIpc) is 2.72. The van der Waals surface area contributed by atoms with Crippen LogP contribution in [-0.4, -0.2) is 27.5 Å².